The summed E-state index contributed by atoms with van der Waals surface area (Å²) in [5.41, 5.74) is -2.35. The van der Waals surface area contributed by atoms with Gasteiger partial charge in [0.25, 0.3) is 0 Å². The molecule has 1 N–H and O–H groups in total. The van der Waals surface area contributed by atoms with Crippen molar-refractivity contribution < 1.29 is 50.1 Å². The van der Waals surface area contributed by atoms with Crippen LogP contribution in [0.2, 0.25) is 0 Å². The van der Waals surface area contributed by atoms with Crippen molar-refractivity contribution in [3.63, 3.8) is 0 Å². The highest BCUT2D eigenvalue weighted by molar-refractivity contribution is 5.97. The van der Waals surface area contributed by atoms with Gasteiger partial charge in [-0.25, -0.2) is 9.59 Å². The second kappa shape index (κ2) is 11.1. The number of nitrogens with one attached hydrogen (secondary N) is 1. The number of alkyl halides is 6. The van der Waals surface area contributed by atoms with Gasteiger partial charge in [0.15, 0.2) is 0 Å². The van der Waals surface area contributed by atoms with Crippen LogP contribution < -0.4 is 15.0 Å². The molecule has 38 heavy (non-hydrogen) atoms. The number of ether oxygens (including phenoxy) is 3. The van der Waals surface area contributed by atoms with Crippen molar-refractivity contribution in [2.75, 3.05) is 25.7 Å². The van der Waals surface area contributed by atoms with Crippen molar-refractivity contribution in [1.82, 2.24) is 5.32 Å². The Labute approximate surface area is 214 Å². The monoisotopic (exact) mass is 548 g/mol. The van der Waals surface area contributed by atoms with Crippen LogP contribution in [0, 0.1) is 0 Å². The number of halogens is 6. The number of carbonyl (C=O) groups is 2. The second-order valence-electron chi connectivity index (χ2n) is 8.60. The van der Waals surface area contributed by atoms with Crippen LogP contribution in [0.3, 0.4) is 0 Å². The SMILES string of the molecule is CCOC(=O)N1c2cc(C(=O)OC)c(OC)cc2[C@@H](NCc2cc(C(F)(F)F)cc(C(F)(F)F)c2)C[C@H]1C. The first kappa shape index (κ1) is 29.1. The number of methoxy groups -OCH3 is 2. The lowest BCUT2D eigenvalue weighted by Gasteiger charge is -2.39. The summed E-state index contributed by atoms with van der Waals surface area (Å²) in [7, 11) is 2.48. The van der Waals surface area contributed by atoms with Crippen molar-refractivity contribution in [1.29, 1.82) is 0 Å². The molecule has 0 aromatic heterocycles. The average Bonchev–Trinajstić information content (AvgIpc) is 2.84. The van der Waals surface area contributed by atoms with E-state index in [1.54, 1.807) is 13.8 Å². The fourth-order valence-electron chi connectivity index (χ4n) is 4.35. The number of hydrogen-bond donors (Lipinski definition) is 1. The normalized spacial score (nSPS) is 17.6. The van der Waals surface area contributed by atoms with Gasteiger partial charge in [0.1, 0.15) is 11.3 Å². The zero-order valence-electron chi connectivity index (χ0n) is 20.9. The molecular weight excluding hydrogens is 522 g/mol. The maximum atomic E-state index is 13.3. The molecule has 208 valence electrons. The number of fused-ring (bicyclic) bond motifs is 1. The maximum absolute atomic E-state index is 13.3. The Hall–Kier alpha value is -3.48. The fourth-order valence-corrected chi connectivity index (χ4v) is 4.35. The van der Waals surface area contributed by atoms with Gasteiger partial charge in [-0.15, -0.1) is 0 Å². The topological polar surface area (TPSA) is 77.1 Å². The lowest BCUT2D eigenvalue weighted by Crippen LogP contribution is -2.46. The van der Waals surface area contributed by atoms with Crippen LogP contribution in [0.5, 0.6) is 5.75 Å². The van der Waals surface area contributed by atoms with Crippen molar-refractivity contribution >= 4 is 17.7 Å². The third-order valence-corrected chi connectivity index (χ3v) is 6.07. The maximum Gasteiger partial charge on any atom is 0.416 e. The van der Waals surface area contributed by atoms with Crippen LogP contribution in [0.15, 0.2) is 30.3 Å². The quantitative estimate of drug-likeness (QED) is 0.347. The minimum absolute atomic E-state index is 0.0172. The summed E-state index contributed by atoms with van der Waals surface area (Å²) in [5, 5.41) is 3.00. The molecule has 0 bridgehead atoms. The van der Waals surface area contributed by atoms with Gasteiger partial charge in [0, 0.05) is 18.6 Å². The Morgan fingerprint density at radius 1 is 1.00 bits per heavy atom. The Morgan fingerprint density at radius 3 is 2.11 bits per heavy atom. The molecule has 2 atom stereocenters. The van der Waals surface area contributed by atoms with E-state index in [0.717, 1.165) is 0 Å². The van der Waals surface area contributed by atoms with Gasteiger partial charge in [0.05, 0.1) is 37.6 Å². The van der Waals surface area contributed by atoms with E-state index in [-0.39, 0.29) is 48.2 Å². The van der Waals surface area contributed by atoms with E-state index in [2.05, 4.69) is 5.32 Å². The van der Waals surface area contributed by atoms with Crippen molar-refractivity contribution in [2.45, 2.75) is 51.2 Å². The van der Waals surface area contributed by atoms with Crippen LogP contribution in [-0.4, -0.2) is 38.9 Å². The standard InChI is InChI=1S/C25H26F6N2O5/c1-5-38-23(35)33-13(2)6-19(17-11-21(36-3)18(10-20(17)33)22(34)37-4)32-12-14-7-15(24(26,27)28)9-16(8-14)25(29,30)31/h7-11,13,19,32H,5-6,12H2,1-4H3/t13-,19+/m1/s1. The highest BCUT2D eigenvalue weighted by Crippen LogP contribution is 2.42. The first-order valence-corrected chi connectivity index (χ1v) is 11.5. The van der Waals surface area contributed by atoms with E-state index >= 15 is 0 Å². The Balaban J connectivity index is 2.05. The number of rotatable bonds is 6. The fraction of sp³-hybridized carbons (Fsp3) is 0.440. The summed E-state index contributed by atoms with van der Waals surface area (Å²) < 4.78 is 95.0. The number of anilines is 1. The number of esters is 1. The molecule has 0 saturated carbocycles. The van der Waals surface area contributed by atoms with E-state index in [1.165, 1.54) is 31.3 Å². The molecule has 7 nitrogen and oxygen atoms in total. The summed E-state index contributed by atoms with van der Waals surface area (Å²) >= 11 is 0. The second-order valence-corrected chi connectivity index (χ2v) is 8.60. The Bertz CT molecular complexity index is 1170. The molecule has 1 aliphatic heterocycles. The van der Waals surface area contributed by atoms with Crippen molar-refractivity contribution in [2.24, 2.45) is 0 Å². The van der Waals surface area contributed by atoms with Gasteiger partial charge in [-0.1, -0.05) is 0 Å². The highest BCUT2D eigenvalue weighted by atomic mass is 19.4. The van der Waals surface area contributed by atoms with Crippen LogP contribution in [-0.2, 0) is 28.4 Å². The van der Waals surface area contributed by atoms with E-state index in [0.29, 0.717) is 17.7 Å². The molecule has 2 aromatic rings. The minimum atomic E-state index is -4.97. The zero-order chi connectivity index (χ0) is 28.4. The molecule has 3 rings (SSSR count). The first-order chi connectivity index (χ1) is 17.7. The lowest BCUT2D eigenvalue weighted by atomic mass is 9.90. The molecule has 0 spiro atoms. The largest absolute Gasteiger partial charge is 0.496 e. The smallest absolute Gasteiger partial charge is 0.416 e. The van der Waals surface area contributed by atoms with Crippen molar-refractivity contribution in [3.05, 3.63) is 58.1 Å². The average molecular weight is 548 g/mol. The van der Waals surface area contributed by atoms with E-state index in [1.807, 2.05) is 0 Å². The molecule has 1 amide bonds. The van der Waals surface area contributed by atoms with Crippen LogP contribution in [0.25, 0.3) is 0 Å². The third kappa shape index (κ3) is 6.14. The van der Waals surface area contributed by atoms with Gasteiger partial charge < -0.3 is 19.5 Å². The van der Waals surface area contributed by atoms with E-state index in [4.69, 9.17) is 14.2 Å². The molecule has 0 radical (unpaired) electrons. The Kier molecular flexibility index (Phi) is 8.49. The molecule has 13 heteroatoms. The molecule has 1 aliphatic rings. The predicted molar refractivity (Wildman–Crippen MR) is 124 cm³/mol. The Morgan fingerprint density at radius 2 is 1.61 bits per heavy atom. The molecule has 0 aliphatic carbocycles. The number of benzene rings is 2. The highest BCUT2D eigenvalue weighted by Gasteiger charge is 2.38. The van der Waals surface area contributed by atoms with Crippen LogP contribution in [0.1, 0.15) is 58.9 Å². The van der Waals surface area contributed by atoms with E-state index in [9.17, 15) is 35.9 Å². The van der Waals surface area contributed by atoms with E-state index < -0.39 is 47.6 Å². The van der Waals surface area contributed by atoms with Gasteiger partial charge >= 0.3 is 24.4 Å². The number of hydrogen-bond acceptors (Lipinski definition) is 6. The number of nitrogens with zero attached hydrogens (tertiary/aromatic N) is 1. The summed E-state index contributed by atoms with van der Waals surface area (Å²) in [5.74, 6) is -0.626. The van der Waals surface area contributed by atoms with Gasteiger partial charge in [-0.3, -0.25) is 4.90 Å². The number of amides is 1. The first-order valence-electron chi connectivity index (χ1n) is 11.5. The minimum Gasteiger partial charge on any atom is -0.496 e. The number of carbonyl (C=O) groups excluding carboxylic acids is 2. The molecule has 0 unspecified atom stereocenters. The predicted octanol–water partition coefficient (Wildman–Crippen LogP) is 6.11. The van der Waals surface area contributed by atoms with Gasteiger partial charge in [-0.05, 0) is 61.7 Å². The van der Waals surface area contributed by atoms with Crippen LogP contribution in [0.4, 0.5) is 36.8 Å². The summed E-state index contributed by atoms with van der Waals surface area (Å²) in [6, 6.07) is 3.10. The zero-order valence-corrected chi connectivity index (χ0v) is 20.9. The van der Waals surface area contributed by atoms with Gasteiger partial charge in [-0.2, -0.15) is 26.3 Å². The molecule has 0 fully saturated rings. The molecular formula is C25H26F6N2O5. The summed E-state index contributed by atoms with van der Waals surface area (Å²) in [6.45, 7) is 3.05. The summed E-state index contributed by atoms with van der Waals surface area (Å²) in [4.78, 5) is 26.4. The van der Waals surface area contributed by atoms with Crippen molar-refractivity contribution in [3.8, 4) is 5.75 Å². The molecule has 2 aromatic carbocycles. The summed E-state index contributed by atoms with van der Waals surface area (Å²) in [6.07, 6.45) is -10.4. The third-order valence-electron chi connectivity index (χ3n) is 6.07. The molecule has 1 heterocycles. The van der Waals surface area contributed by atoms with Gasteiger partial charge in [0.2, 0.25) is 0 Å². The lowest BCUT2D eigenvalue weighted by molar-refractivity contribution is -0.143. The van der Waals surface area contributed by atoms with Crippen LogP contribution >= 0.6 is 0 Å². The molecule has 0 saturated heterocycles.